The van der Waals surface area contributed by atoms with Gasteiger partial charge in [-0.25, -0.2) is 0 Å². The lowest BCUT2D eigenvalue weighted by Gasteiger charge is -2.10. The van der Waals surface area contributed by atoms with Gasteiger partial charge in [0.2, 0.25) is 0 Å². The number of benzene rings is 1. The van der Waals surface area contributed by atoms with Gasteiger partial charge in [-0.1, -0.05) is 11.6 Å². The molecule has 0 aliphatic carbocycles. The first-order chi connectivity index (χ1) is 8.16. The maximum absolute atomic E-state index is 6.05. The summed E-state index contributed by atoms with van der Waals surface area (Å²) in [4.78, 5) is 3.96. The van der Waals surface area contributed by atoms with Crippen LogP contribution in [0.4, 0.5) is 5.69 Å². The molecule has 0 aliphatic rings. The number of hydrogen-bond acceptors (Lipinski definition) is 2. The third-order valence-corrected chi connectivity index (χ3v) is 3.96. The van der Waals surface area contributed by atoms with Gasteiger partial charge in [0.15, 0.2) is 0 Å². The molecule has 0 saturated carbocycles. The number of hydrogen-bond donors (Lipinski definition) is 1. The van der Waals surface area contributed by atoms with E-state index < -0.39 is 0 Å². The fourth-order valence-corrected chi connectivity index (χ4v) is 2.43. The van der Waals surface area contributed by atoms with Gasteiger partial charge in [0.25, 0.3) is 0 Å². The minimum absolute atomic E-state index is 0.681. The lowest BCUT2D eigenvalue weighted by atomic mass is 10.2. The van der Waals surface area contributed by atoms with Gasteiger partial charge in [-0.2, -0.15) is 0 Å². The zero-order chi connectivity index (χ0) is 12.3. The summed E-state index contributed by atoms with van der Waals surface area (Å²) in [7, 11) is 0. The number of nitrogens with zero attached hydrogens (tertiary/aromatic N) is 1. The van der Waals surface area contributed by atoms with Crippen molar-refractivity contribution in [1.82, 2.24) is 4.98 Å². The lowest BCUT2D eigenvalue weighted by molar-refractivity contribution is 1.12. The average molecular weight is 423 g/mol. The summed E-state index contributed by atoms with van der Waals surface area (Å²) >= 11 is 11.8. The fourth-order valence-electron chi connectivity index (χ4n) is 1.37. The number of halogens is 3. The van der Waals surface area contributed by atoms with E-state index in [2.05, 4.69) is 61.0 Å². The third-order valence-electron chi connectivity index (χ3n) is 2.25. The van der Waals surface area contributed by atoms with Crippen LogP contribution in [0.15, 0.2) is 41.1 Å². The number of aromatic nitrogens is 1. The number of nitrogens with one attached hydrogen (secondary N) is 1. The highest BCUT2D eigenvalue weighted by Gasteiger charge is 2.02. The Balaban J connectivity index is 2.12. The number of pyridine rings is 1. The van der Waals surface area contributed by atoms with Crippen LogP contribution < -0.4 is 5.32 Å². The molecular formula is C12H9BrClIN2. The molecule has 0 bridgehead atoms. The van der Waals surface area contributed by atoms with Gasteiger partial charge in [-0.05, 0) is 68.3 Å². The van der Waals surface area contributed by atoms with E-state index in [9.17, 15) is 0 Å². The summed E-state index contributed by atoms with van der Waals surface area (Å²) < 4.78 is 2.23. The van der Waals surface area contributed by atoms with Crippen molar-refractivity contribution in [3.05, 3.63) is 55.3 Å². The zero-order valence-corrected chi connectivity index (χ0v) is 13.3. The molecule has 1 N–H and O–H groups in total. The van der Waals surface area contributed by atoms with Crippen molar-refractivity contribution in [3.63, 3.8) is 0 Å². The summed E-state index contributed by atoms with van der Waals surface area (Å²) in [6.07, 6.45) is 3.40. The van der Waals surface area contributed by atoms with Crippen molar-refractivity contribution >= 4 is 55.8 Å². The van der Waals surface area contributed by atoms with Crippen molar-refractivity contribution in [2.24, 2.45) is 0 Å². The molecular weight excluding hydrogens is 414 g/mol. The highest BCUT2D eigenvalue weighted by molar-refractivity contribution is 14.1. The summed E-state index contributed by atoms with van der Waals surface area (Å²) in [6, 6.07) is 8.07. The smallest absolute Gasteiger partial charge is 0.0639 e. The van der Waals surface area contributed by atoms with Crippen LogP contribution in [0.5, 0.6) is 0 Å². The Hall–Kier alpha value is -0.330. The van der Waals surface area contributed by atoms with Crippen molar-refractivity contribution in [2.75, 3.05) is 5.32 Å². The van der Waals surface area contributed by atoms with Crippen LogP contribution in [-0.4, -0.2) is 4.98 Å². The second-order valence-corrected chi connectivity index (χ2v) is 5.95. The third kappa shape index (κ3) is 3.56. The predicted molar refractivity (Wildman–Crippen MR) is 83.4 cm³/mol. The van der Waals surface area contributed by atoms with Crippen LogP contribution in [-0.2, 0) is 6.54 Å². The molecule has 5 heteroatoms. The maximum Gasteiger partial charge on any atom is 0.0639 e. The van der Waals surface area contributed by atoms with Gasteiger partial charge < -0.3 is 5.32 Å². The fraction of sp³-hybridized carbons (Fsp3) is 0.0833. The topological polar surface area (TPSA) is 24.9 Å². The van der Waals surface area contributed by atoms with E-state index >= 15 is 0 Å². The Morgan fingerprint density at radius 3 is 2.94 bits per heavy atom. The summed E-state index contributed by atoms with van der Waals surface area (Å²) in [6.45, 7) is 0.681. The molecule has 1 aromatic heterocycles. The first-order valence-electron chi connectivity index (χ1n) is 4.94. The minimum Gasteiger partial charge on any atom is -0.380 e. The van der Waals surface area contributed by atoms with Crippen LogP contribution >= 0.6 is 50.1 Å². The van der Waals surface area contributed by atoms with Gasteiger partial charge in [-0.3, -0.25) is 4.98 Å². The van der Waals surface area contributed by atoms with E-state index in [0.717, 1.165) is 15.7 Å². The Morgan fingerprint density at radius 2 is 2.18 bits per heavy atom. The van der Waals surface area contributed by atoms with E-state index in [1.54, 1.807) is 12.4 Å². The Bertz CT molecular complexity index is 534. The monoisotopic (exact) mass is 422 g/mol. The van der Waals surface area contributed by atoms with E-state index in [0.29, 0.717) is 11.6 Å². The van der Waals surface area contributed by atoms with E-state index in [1.807, 2.05) is 12.1 Å². The SMILES string of the molecule is Clc1cnccc1CNc1cc(I)ccc1Br. The second-order valence-electron chi connectivity index (χ2n) is 3.44. The van der Waals surface area contributed by atoms with Crippen LogP contribution in [0.2, 0.25) is 5.02 Å². The van der Waals surface area contributed by atoms with Gasteiger partial charge in [-0.15, -0.1) is 0 Å². The van der Waals surface area contributed by atoms with Crippen molar-refractivity contribution in [3.8, 4) is 0 Å². The van der Waals surface area contributed by atoms with Gasteiger partial charge >= 0.3 is 0 Å². The van der Waals surface area contributed by atoms with Gasteiger partial charge in [0, 0.05) is 32.7 Å². The first kappa shape index (κ1) is 13.1. The van der Waals surface area contributed by atoms with E-state index in [1.165, 1.54) is 3.57 Å². The molecule has 0 fully saturated rings. The molecule has 0 atom stereocenters. The molecule has 88 valence electrons. The lowest BCUT2D eigenvalue weighted by Crippen LogP contribution is -2.01. The van der Waals surface area contributed by atoms with Crippen molar-refractivity contribution < 1.29 is 0 Å². The first-order valence-corrected chi connectivity index (χ1v) is 7.19. The molecule has 0 amide bonds. The molecule has 17 heavy (non-hydrogen) atoms. The average Bonchev–Trinajstić information content (AvgIpc) is 2.32. The van der Waals surface area contributed by atoms with Crippen molar-refractivity contribution in [2.45, 2.75) is 6.54 Å². The Kier molecular flexibility index (Phi) is 4.64. The highest BCUT2D eigenvalue weighted by atomic mass is 127. The van der Waals surface area contributed by atoms with Crippen molar-refractivity contribution in [1.29, 1.82) is 0 Å². The zero-order valence-electron chi connectivity index (χ0n) is 8.75. The molecule has 2 rings (SSSR count). The molecule has 1 aromatic carbocycles. The standard InChI is InChI=1S/C12H9BrClIN2/c13-10-2-1-9(15)5-12(10)17-6-8-3-4-16-7-11(8)14/h1-5,7,17H,6H2. The molecule has 2 aromatic rings. The van der Waals surface area contributed by atoms with Gasteiger partial charge in [0.1, 0.15) is 0 Å². The van der Waals surface area contributed by atoms with E-state index in [4.69, 9.17) is 11.6 Å². The summed E-state index contributed by atoms with van der Waals surface area (Å²) in [5.41, 5.74) is 2.09. The molecule has 2 nitrogen and oxygen atoms in total. The molecule has 0 aliphatic heterocycles. The molecule has 1 heterocycles. The van der Waals surface area contributed by atoms with Crippen LogP contribution in [0.1, 0.15) is 5.56 Å². The van der Waals surface area contributed by atoms with E-state index in [-0.39, 0.29) is 0 Å². The molecule has 0 saturated heterocycles. The Labute approximate surface area is 127 Å². The number of anilines is 1. The maximum atomic E-state index is 6.05. The Morgan fingerprint density at radius 1 is 1.35 bits per heavy atom. The highest BCUT2D eigenvalue weighted by Crippen LogP contribution is 2.25. The molecule has 0 radical (unpaired) electrons. The largest absolute Gasteiger partial charge is 0.380 e. The van der Waals surface area contributed by atoms with Crippen LogP contribution in [0.25, 0.3) is 0 Å². The predicted octanol–water partition coefficient (Wildman–Crippen LogP) is 4.71. The minimum atomic E-state index is 0.681. The number of rotatable bonds is 3. The molecule has 0 spiro atoms. The summed E-state index contributed by atoms with van der Waals surface area (Å²) in [5.74, 6) is 0. The van der Waals surface area contributed by atoms with Crippen LogP contribution in [0.3, 0.4) is 0 Å². The quantitative estimate of drug-likeness (QED) is 0.723. The molecule has 0 unspecified atom stereocenters. The normalized spacial score (nSPS) is 10.3. The van der Waals surface area contributed by atoms with Crippen LogP contribution in [0, 0.1) is 3.57 Å². The summed E-state index contributed by atoms with van der Waals surface area (Å²) in [5, 5.41) is 4.03. The second kappa shape index (κ2) is 6.02. The van der Waals surface area contributed by atoms with Gasteiger partial charge in [0.05, 0.1) is 5.02 Å².